The van der Waals surface area contributed by atoms with Crippen LogP contribution in [0.2, 0.25) is 5.02 Å². The molecule has 0 spiro atoms. The summed E-state index contributed by atoms with van der Waals surface area (Å²) in [6, 6.07) is 7.96. The molecule has 0 amide bonds. The van der Waals surface area contributed by atoms with Crippen LogP contribution in [0.15, 0.2) is 45.1 Å². The molecule has 0 unspecified atom stereocenters. The Balaban J connectivity index is 1.98. The Bertz CT molecular complexity index is 1040. The highest BCUT2D eigenvalue weighted by atomic mass is 35.5. The third-order valence-electron chi connectivity index (χ3n) is 4.30. The third-order valence-corrected chi connectivity index (χ3v) is 7.38. The van der Waals surface area contributed by atoms with E-state index in [1.807, 2.05) is 31.4 Å². The van der Waals surface area contributed by atoms with Gasteiger partial charge in [0.1, 0.15) is 10.6 Å². The zero-order chi connectivity index (χ0) is 20.3. The number of thiophene rings is 1. The zero-order valence-electron chi connectivity index (χ0n) is 15.6. The SMILES string of the molecule is CC[C@@H](C)N(Cc1nc(-c2cccs2)no1)S(=O)(=O)c1cc(Cl)ccc1OC. The molecular formula is C18H20ClN3O4S2. The molecule has 0 radical (unpaired) electrons. The van der Waals surface area contributed by atoms with Crippen LogP contribution in [0.4, 0.5) is 0 Å². The fourth-order valence-electron chi connectivity index (χ4n) is 2.62. The Kier molecular flexibility index (Phi) is 6.39. The Morgan fingerprint density at radius 1 is 1.36 bits per heavy atom. The summed E-state index contributed by atoms with van der Waals surface area (Å²) in [5, 5.41) is 6.17. The molecule has 1 atom stereocenters. The minimum absolute atomic E-state index is 0.000737. The zero-order valence-corrected chi connectivity index (χ0v) is 18.0. The second kappa shape index (κ2) is 8.60. The lowest BCUT2D eigenvalue weighted by Crippen LogP contribution is -2.38. The van der Waals surface area contributed by atoms with Gasteiger partial charge in [-0.05, 0) is 43.0 Å². The maximum Gasteiger partial charge on any atom is 0.247 e. The quantitative estimate of drug-likeness (QED) is 0.513. The van der Waals surface area contributed by atoms with Crippen LogP contribution in [-0.4, -0.2) is 36.0 Å². The number of methoxy groups -OCH3 is 1. The van der Waals surface area contributed by atoms with Crippen LogP contribution in [0.1, 0.15) is 26.2 Å². The highest BCUT2D eigenvalue weighted by Crippen LogP contribution is 2.32. The molecule has 3 aromatic rings. The van der Waals surface area contributed by atoms with Gasteiger partial charge < -0.3 is 9.26 Å². The fraction of sp³-hybridized carbons (Fsp3) is 0.333. The van der Waals surface area contributed by atoms with E-state index in [0.717, 1.165) is 4.88 Å². The molecule has 7 nitrogen and oxygen atoms in total. The molecular weight excluding hydrogens is 422 g/mol. The van der Waals surface area contributed by atoms with Crippen LogP contribution in [0.25, 0.3) is 10.7 Å². The summed E-state index contributed by atoms with van der Waals surface area (Å²) in [7, 11) is -2.50. The molecule has 0 aliphatic rings. The van der Waals surface area contributed by atoms with Gasteiger partial charge in [0.05, 0.1) is 18.5 Å². The lowest BCUT2D eigenvalue weighted by atomic mass is 10.2. The van der Waals surface area contributed by atoms with Gasteiger partial charge >= 0.3 is 0 Å². The number of aromatic nitrogens is 2. The number of hydrogen-bond donors (Lipinski definition) is 0. The van der Waals surface area contributed by atoms with E-state index >= 15 is 0 Å². The number of ether oxygens (including phenoxy) is 1. The molecule has 0 N–H and O–H groups in total. The molecule has 1 aromatic carbocycles. The molecule has 0 fully saturated rings. The van der Waals surface area contributed by atoms with Gasteiger partial charge in [-0.25, -0.2) is 8.42 Å². The Hall–Kier alpha value is -1.94. The third kappa shape index (κ3) is 4.22. The van der Waals surface area contributed by atoms with Crippen molar-refractivity contribution in [1.29, 1.82) is 0 Å². The highest BCUT2D eigenvalue weighted by Gasteiger charge is 2.33. The highest BCUT2D eigenvalue weighted by molar-refractivity contribution is 7.89. The molecule has 0 bridgehead atoms. The largest absolute Gasteiger partial charge is 0.495 e. The van der Waals surface area contributed by atoms with E-state index in [9.17, 15) is 8.42 Å². The molecule has 2 aromatic heterocycles. The number of hydrogen-bond acceptors (Lipinski definition) is 7. The second-order valence-electron chi connectivity index (χ2n) is 6.09. The van der Waals surface area contributed by atoms with Crippen molar-refractivity contribution in [2.24, 2.45) is 0 Å². The van der Waals surface area contributed by atoms with E-state index in [0.29, 0.717) is 17.3 Å². The van der Waals surface area contributed by atoms with Gasteiger partial charge in [0.2, 0.25) is 21.7 Å². The first-order chi connectivity index (χ1) is 13.4. The maximum absolute atomic E-state index is 13.4. The first-order valence-corrected chi connectivity index (χ1v) is 11.3. The maximum atomic E-state index is 13.4. The number of rotatable bonds is 8. The van der Waals surface area contributed by atoms with Gasteiger partial charge in [-0.3, -0.25) is 0 Å². The molecule has 150 valence electrons. The van der Waals surface area contributed by atoms with Gasteiger partial charge in [0, 0.05) is 11.1 Å². The smallest absolute Gasteiger partial charge is 0.247 e. The molecule has 2 heterocycles. The van der Waals surface area contributed by atoms with Crippen molar-refractivity contribution in [3.8, 4) is 16.5 Å². The average Bonchev–Trinajstić information content (AvgIpc) is 3.37. The van der Waals surface area contributed by atoms with Crippen LogP contribution in [0.5, 0.6) is 5.75 Å². The van der Waals surface area contributed by atoms with E-state index in [2.05, 4.69) is 10.1 Å². The Labute approximate surface area is 172 Å². The van der Waals surface area contributed by atoms with Crippen molar-refractivity contribution < 1.29 is 17.7 Å². The monoisotopic (exact) mass is 441 g/mol. The lowest BCUT2D eigenvalue weighted by molar-refractivity contribution is 0.271. The van der Waals surface area contributed by atoms with E-state index in [1.165, 1.54) is 34.9 Å². The van der Waals surface area contributed by atoms with Crippen molar-refractivity contribution in [3.05, 3.63) is 46.6 Å². The van der Waals surface area contributed by atoms with Crippen molar-refractivity contribution in [1.82, 2.24) is 14.4 Å². The van der Waals surface area contributed by atoms with Crippen molar-refractivity contribution in [2.45, 2.75) is 37.8 Å². The van der Waals surface area contributed by atoms with E-state index < -0.39 is 10.0 Å². The molecule has 0 saturated heterocycles. The van der Waals surface area contributed by atoms with Gasteiger partial charge in [0.15, 0.2) is 0 Å². The molecule has 0 aliphatic carbocycles. The molecule has 3 rings (SSSR count). The summed E-state index contributed by atoms with van der Waals surface area (Å²) in [6.07, 6.45) is 0.605. The summed E-state index contributed by atoms with van der Waals surface area (Å²) in [6.45, 7) is 3.68. The fourth-order valence-corrected chi connectivity index (χ4v) is 5.34. The average molecular weight is 442 g/mol. The normalized spacial score (nSPS) is 13.0. The van der Waals surface area contributed by atoms with Gasteiger partial charge in [-0.2, -0.15) is 9.29 Å². The summed E-state index contributed by atoms with van der Waals surface area (Å²) < 4.78 is 38.7. The number of halogens is 1. The number of nitrogens with zero attached hydrogens (tertiary/aromatic N) is 3. The number of benzene rings is 1. The predicted octanol–water partition coefficient (Wildman–Crippen LogP) is 4.45. The Morgan fingerprint density at radius 2 is 2.14 bits per heavy atom. The van der Waals surface area contributed by atoms with Crippen molar-refractivity contribution in [2.75, 3.05) is 7.11 Å². The van der Waals surface area contributed by atoms with Gasteiger partial charge in [0.25, 0.3) is 0 Å². The van der Waals surface area contributed by atoms with E-state index in [4.69, 9.17) is 20.9 Å². The summed E-state index contributed by atoms with van der Waals surface area (Å²) in [5.74, 6) is 0.877. The lowest BCUT2D eigenvalue weighted by Gasteiger charge is -2.27. The topological polar surface area (TPSA) is 85.5 Å². The predicted molar refractivity (Wildman–Crippen MR) is 108 cm³/mol. The first-order valence-electron chi connectivity index (χ1n) is 8.58. The van der Waals surface area contributed by atoms with Crippen LogP contribution >= 0.6 is 22.9 Å². The van der Waals surface area contributed by atoms with E-state index in [-0.39, 0.29) is 29.1 Å². The molecule has 0 saturated carbocycles. The first kappa shape index (κ1) is 20.8. The molecule has 0 aliphatic heterocycles. The van der Waals surface area contributed by atoms with Crippen LogP contribution in [-0.2, 0) is 16.6 Å². The van der Waals surface area contributed by atoms with Crippen LogP contribution in [0, 0.1) is 0 Å². The summed E-state index contributed by atoms with van der Waals surface area (Å²) >= 11 is 7.52. The minimum Gasteiger partial charge on any atom is -0.495 e. The van der Waals surface area contributed by atoms with Crippen LogP contribution in [0.3, 0.4) is 0 Å². The van der Waals surface area contributed by atoms with Gasteiger partial charge in [-0.1, -0.05) is 29.7 Å². The Morgan fingerprint density at radius 3 is 2.79 bits per heavy atom. The minimum atomic E-state index is -3.92. The standard InChI is InChI=1S/C18H20ClN3O4S2/c1-4-12(2)22(11-17-20-18(21-26-17)15-6-5-9-27-15)28(23,24)16-10-13(19)7-8-14(16)25-3/h5-10,12H,4,11H2,1-3H3/t12-/m1/s1. The van der Waals surface area contributed by atoms with Crippen molar-refractivity contribution >= 4 is 33.0 Å². The summed E-state index contributed by atoms with van der Waals surface area (Å²) in [4.78, 5) is 5.20. The molecule has 10 heteroatoms. The molecule has 28 heavy (non-hydrogen) atoms. The van der Waals surface area contributed by atoms with E-state index in [1.54, 1.807) is 6.07 Å². The second-order valence-corrected chi connectivity index (χ2v) is 9.33. The summed E-state index contributed by atoms with van der Waals surface area (Å²) in [5.41, 5.74) is 0. The van der Waals surface area contributed by atoms with Crippen molar-refractivity contribution in [3.63, 3.8) is 0 Å². The van der Waals surface area contributed by atoms with Gasteiger partial charge in [-0.15, -0.1) is 11.3 Å². The van der Waals surface area contributed by atoms with Crippen LogP contribution < -0.4 is 4.74 Å². The number of sulfonamides is 1.